The quantitative estimate of drug-likeness (QED) is 0.217. The minimum Gasteiger partial charge on any atom is -0.394 e. The van der Waals surface area contributed by atoms with Crippen LogP contribution in [0.2, 0.25) is 0 Å². The Balaban J connectivity index is 2.15. The normalized spacial score (nSPS) is 46.6. The standard InChI is InChI=1S/C15H28O11/c1-2-3-23-15(6-18)13(22)12(8(5-17)26-15)25-14-11(21)10(20)9(19)7(4-16)24-14/h7-14,16-22H,2-6H2,1H3/t7-,8-,9+,10+,11-,12-,13+,14+,15+/m1/s1. The van der Waals surface area contributed by atoms with E-state index in [0.29, 0.717) is 6.42 Å². The Hall–Kier alpha value is -0.440. The molecule has 0 aromatic carbocycles. The van der Waals surface area contributed by atoms with Crippen LogP contribution in [0, 0.1) is 0 Å². The molecule has 0 radical (unpaired) electrons. The second kappa shape index (κ2) is 9.17. The summed E-state index contributed by atoms with van der Waals surface area (Å²) < 4.78 is 21.6. The van der Waals surface area contributed by atoms with Gasteiger partial charge in [-0.05, 0) is 6.42 Å². The van der Waals surface area contributed by atoms with Crippen LogP contribution in [0.15, 0.2) is 0 Å². The van der Waals surface area contributed by atoms with Gasteiger partial charge in [0.15, 0.2) is 6.29 Å². The van der Waals surface area contributed by atoms with Crippen molar-refractivity contribution in [2.75, 3.05) is 26.4 Å². The first-order valence-corrected chi connectivity index (χ1v) is 8.52. The fourth-order valence-corrected chi connectivity index (χ4v) is 3.06. The van der Waals surface area contributed by atoms with Gasteiger partial charge < -0.3 is 54.7 Å². The summed E-state index contributed by atoms with van der Waals surface area (Å²) >= 11 is 0. The zero-order chi connectivity index (χ0) is 19.5. The predicted octanol–water partition coefficient (Wildman–Crippen LogP) is -3.96. The van der Waals surface area contributed by atoms with Gasteiger partial charge in [-0.25, -0.2) is 0 Å². The van der Waals surface area contributed by atoms with E-state index in [1.54, 1.807) is 0 Å². The van der Waals surface area contributed by atoms with Crippen LogP contribution in [0.5, 0.6) is 0 Å². The van der Waals surface area contributed by atoms with Crippen molar-refractivity contribution in [2.24, 2.45) is 0 Å². The summed E-state index contributed by atoms with van der Waals surface area (Å²) in [6, 6.07) is 0. The van der Waals surface area contributed by atoms with E-state index < -0.39 is 74.6 Å². The lowest BCUT2D eigenvalue weighted by molar-refractivity contribution is -0.319. The lowest BCUT2D eigenvalue weighted by atomic mass is 9.99. The molecule has 7 N–H and O–H groups in total. The summed E-state index contributed by atoms with van der Waals surface area (Å²) in [5, 5.41) is 68.5. The number of aliphatic hydroxyl groups excluding tert-OH is 7. The first-order chi connectivity index (χ1) is 12.3. The van der Waals surface area contributed by atoms with Crippen LogP contribution in [0.25, 0.3) is 0 Å². The third kappa shape index (κ3) is 4.03. The van der Waals surface area contributed by atoms with Gasteiger partial charge in [-0.3, -0.25) is 0 Å². The first kappa shape index (κ1) is 21.9. The summed E-state index contributed by atoms with van der Waals surface area (Å²) in [6.07, 6.45) is -10.9. The van der Waals surface area contributed by atoms with Crippen LogP contribution in [0.3, 0.4) is 0 Å². The van der Waals surface area contributed by atoms with E-state index in [9.17, 15) is 35.7 Å². The SMILES string of the molecule is CCCO[C@@]1(CO)O[C@H](CO)[C@@H](O[C@@H]2O[C@H](CO)[C@H](O)[C@H](O)[C@H]2O)[C@@H]1O. The predicted molar refractivity (Wildman–Crippen MR) is 82.7 cm³/mol. The molecule has 0 saturated carbocycles. The van der Waals surface area contributed by atoms with Gasteiger partial charge in [0, 0.05) is 6.61 Å². The molecule has 0 aromatic rings. The molecule has 0 spiro atoms. The van der Waals surface area contributed by atoms with Crippen molar-refractivity contribution in [1.29, 1.82) is 0 Å². The van der Waals surface area contributed by atoms with Gasteiger partial charge in [0.2, 0.25) is 5.79 Å². The minimum atomic E-state index is -1.82. The minimum absolute atomic E-state index is 0.169. The van der Waals surface area contributed by atoms with E-state index in [-0.39, 0.29) is 6.61 Å². The van der Waals surface area contributed by atoms with Crippen molar-refractivity contribution in [1.82, 2.24) is 0 Å². The zero-order valence-electron chi connectivity index (χ0n) is 14.4. The van der Waals surface area contributed by atoms with Gasteiger partial charge >= 0.3 is 0 Å². The smallest absolute Gasteiger partial charge is 0.221 e. The largest absolute Gasteiger partial charge is 0.394 e. The highest BCUT2D eigenvalue weighted by atomic mass is 16.8. The lowest BCUT2D eigenvalue weighted by Gasteiger charge is -2.41. The van der Waals surface area contributed by atoms with E-state index in [2.05, 4.69) is 0 Å². The molecule has 2 saturated heterocycles. The molecule has 2 aliphatic heterocycles. The average molecular weight is 384 g/mol. The van der Waals surface area contributed by atoms with Gasteiger partial charge in [0.05, 0.1) is 13.2 Å². The van der Waals surface area contributed by atoms with Crippen molar-refractivity contribution in [3.05, 3.63) is 0 Å². The Morgan fingerprint density at radius 3 is 2.12 bits per heavy atom. The van der Waals surface area contributed by atoms with Crippen LogP contribution < -0.4 is 0 Å². The van der Waals surface area contributed by atoms with E-state index in [1.807, 2.05) is 6.92 Å². The maximum Gasteiger partial charge on any atom is 0.221 e. The molecule has 0 aromatic heterocycles. The van der Waals surface area contributed by atoms with Crippen LogP contribution in [0.4, 0.5) is 0 Å². The van der Waals surface area contributed by atoms with Crippen LogP contribution in [-0.2, 0) is 18.9 Å². The van der Waals surface area contributed by atoms with E-state index in [0.717, 1.165) is 0 Å². The second-order valence-electron chi connectivity index (χ2n) is 6.40. The molecule has 2 aliphatic rings. The average Bonchev–Trinajstić information content (AvgIpc) is 2.92. The van der Waals surface area contributed by atoms with Gasteiger partial charge in [-0.15, -0.1) is 0 Å². The van der Waals surface area contributed by atoms with Gasteiger partial charge in [-0.1, -0.05) is 6.92 Å². The molecule has 2 heterocycles. The number of hydrogen-bond donors (Lipinski definition) is 7. The Kier molecular flexibility index (Phi) is 7.71. The molecule has 2 fully saturated rings. The monoisotopic (exact) mass is 384 g/mol. The third-order valence-corrected chi connectivity index (χ3v) is 4.57. The van der Waals surface area contributed by atoms with Crippen LogP contribution in [-0.4, -0.2) is 117 Å². The van der Waals surface area contributed by atoms with Gasteiger partial charge in [0.1, 0.15) is 49.3 Å². The molecule has 11 heteroatoms. The molecule has 9 atom stereocenters. The summed E-state index contributed by atoms with van der Waals surface area (Å²) in [5.41, 5.74) is 0. The van der Waals surface area contributed by atoms with E-state index in [1.165, 1.54) is 0 Å². The van der Waals surface area contributed by atoms with Crippen molar-refractivity contribution in [2.45, 2.75) is 68.1 Å². The Morgan fingerprint density at radius 1 is 0.923 bits per heavy atom. The topological polar surface area (TPSA) is 179 Å². The van der Waals surface area contributed by atoms with E-state index >= 15 is 0 Å². The number of rotatable bonds is 8. The van der Waals surface area contributed by atoms with Gasteiger partial charge in [0.25, 0.3) is 0 Å². The zero-order valence-corrected chi connectivity index (χ0v) is 14.4. The Labute approximate surface area is 150 Å². The molecular weight excluding hydrogens is 356 g/mol. The third-order valence-electron chi connectivity index (χ3n) is 4.57. The number of ether oxygens (including phenoxy) is 4. The highest BCUT2D eigenvalue weighted by Crippen LogP contribution is 2.36. The molecule has 11 nitrogen and oxygen atoms in total. The summed E-state index contributed by atoms with van der Waals surface area (Å²) in [6.45, 7) is 0.0497. The van der Waals surface area contributed by atoms with Crippen molar-refractivity contribution in [3.63, 3.8) is 0 Å². The highest BCUT2D eigenvalue weighted by Gasteiger charge is 2.58. The number of hydrogen-bond acceptors (Lipinski definition) is 11. The fourth-order valence-electron chi connectivity index (χ4n) is 3.06. The van der Waals surface area contributed by atoms with Crippen molar-refractivity contribution < 1.29 is 54.7 Å². The van der Waals surface area contributed by atoms with Crippen LogP contribution in [0.1, 0.15) is 13.3 Å². The summed E-state index contributed by atoms with van der Waals surface area (Å²) in [4.78, 5) is 0. The highest BCUT2D eigenvalue weighted by molar-refractivity contribution is 4.99. The molecule has 0 aliphatic carbocycles. The summed E-state index contributed by atoms with van der Waals surface area (Å²) in [5.74, 6) is -1.82. The van der Waals surface area contributed by atoms with Crippen molar-refractivity contribution >= 4 is 0 Å². The van der Waals surface area contributed by atoms with Crippen LogP contribution >= 0.6 is 0 Å². The molecular formula is C15H28O11. The number of aliphatic hydroxyl groups is 7. The van der Waals surface area contributed by atoms with Crippen molar-refractivity contribution in [3.8, 4) is 0 Å². The first-order valence-electron chi connectivity index (χ1n) is 8.52. The maximum atomic E-state index is 10.5. The molecule has 154 valence electrons. The maximum absolute atomic E-state index is 10.5. The molecule has 0 bridgehead atoms. The molecule has 0 unspecified atom stereocenters. The Bertz CT molecular complexity index is 436. The lowest BCUT2D eigenvalue weighted by Crippen LogP contribution is -2.61. The van der Waals surface area contributed by atoms with E-state index in [4.69, 9.17) is 18.9 Å². The second-order valence-corrected chi connectivity index (χ2v) is 6.40. The molecule has 26 heavy (non-hydrogen) atoms. The fraction of sp³-hybridized carbons (Fsp3) is 1.00. The van der Waals surface area contributed by atoms with Gasteiger partial charge in [-0.2, -0.15) is 0 Å². The Morgan fingerprint density at radius 2 is 1.58 bits per heavy atom. The molecule has 0 amide bonds. The summed E-state index contributed by atoms with van der Waals surface area (Å²) in [7, 11) is 0. The molecule has 2 rings (SSSR count).